The predicted molar refractivity (Wildman–Crippen MR) is 76.0 cm³/mol. The van der Waals surface area contributed by atoms with Crippen LogP contribution in [0.1, 0.15) is 38.3 Å². The third kappa shape index (κ3) is 2.67. The first-order valence-electron chi connectivity index (χ1n) is 7.14. The van der Waals surface area contributed by atoms with Crippen molar-refractivity contribution < 1.29 is 4.79 Å². The van der Waals surface area contributed by atoms with Crippen LogP contribution in [0.5, 0.6) is 0 Å². The molecular formula is C14H21N3OS. The highest BCUT2D eigenvalue weighted by molar-refractivity contribution is 7.07. The molecule has 5 heteroatoms. The van der Waals surface area contributed by atoms with E-state index in [2.05, 4.69) is 20.2 Å². The number of carbonyl (C=O) groups is 1. The quantitative estimate of drug-likeness (QED) is 0.850. The maximum atomic E-state index is 11.7. The molecule has 104 valence electrons. The highest BCUT2D eigenvalue weighted by Gasteiger charge is 2.38. The molecule has 1 aromatic heterocycles. The van der Waals surface area contributed by atoms with Crippen LogP contribution in [0.15, 0.2) is 10.9 Å². The van der Waals surface area contributed by atoms with Crippen LogP contribution in [0.25, 0.3) is 0 Å². The number of amides is 1. The molecule has 0 aromatic carbocycles. The Hall–Kier alpha value is -0.940. The minimum atomic E-state index is 0.239. The van der Waals surface area contributed by atoms with E-state index in [1.54, 1.807) is 18.3 Å². The number of rotatable bonds is 3. The smallest absolute Gasteiger partial charge is 0.219 e. The van der Waals surface area contributed by atoms with E-state index in [0.717, 1.165) is 32.5 Å². The average Bonchev–Trinajstić information content (AvgIpc) is 3.08. The van der Waals surface area contributed by atoms with Crippen molar-refractivity contribution in [2.75, 3.05) is 13.1 Å². The fourth-order valence-corrected chi connectivity index (χ4v) is 4.14. The van der Waals surface area contributed by atoms with E-state index in [0.29, 0.717) is 12.1 Å². The minimum Gasteiger partial charge on any atom is -0.338 e. The van der Waals surface area contributed by atoms with Gasteiger partial charge in [-0.25, -0.2) is 4.98 Å². The van der Waals surface area contributed by atoms with Crippen LogP contribution in [0.3, 0.4) is 0 Å². The highest BCUT2D eigenvalue weighted by Crippen LogP contribution is 2.31. The molecule has 2 aliphatic heterocycles. The summed E-state index contributed by atoms with van der Waals surface area (Å²) in [5, 5.41) is 2.13. The lowest BCUT2D eigenvalue weighted by Crippen LogP contribution is -2.47. The van der Waals surface area contributed by atoms with Crippen molar-refractivity contribution in [3.63, 3.8) is 0 Å². The van der Waals surface area contributed by atoms with Gasteiger partial charge in [0.25, 0.3) is 0 Å². The monoisotopic (exact) mass is 279 g/mol. The van der Waals surface area contributed by atoms with Crippen molar-refractivity contribution in [1.29, 1.82) is 0 Å². The molecule has 3 heterocycles. The molecule has 3 rings (SSSR count). The summed E-state index contributed by atoms with van der Waals surface area (Å²) in [7, 11) is 0. The standard InChI is InChI=1S/C14H21N3OS/c1-11(18)17-7-3-5-14(17)13-4-2-6-16(13)8-12-9-19-10-15-12/h9-10,13-14H,2-8H2,1H3/t13-,14-/m1/s1. The molecule has 0 aliphatic carbocycles. The molecule has 0 radical (unpaired) electrons. The Balaban J connectivity index is 1.70. The number of hydrogen-bond donors (Lipinski definition) is 0. The van der Waals surface area contributed by atoms with Gasteiger partial charge in [0.15, 0.2) is 0 Å². The van der Waals surface area contributed by atoms with Crippen LogP contribution < -0.4 is 0 Å². The number of aromatic nitrogens is 1. The van der Waals surface area contributed by atoms with Gasteiger partial charge in [0.2, 0.25) is 5.91 Å². The van der Waals surface area contributed by atoms with E-state index < -0.39 is 0 Å². The molecule has 0 saturated carbocycles. The van der Waals surface area contributed by atoms with Crippen molar-refractivity contribution in [1.82, 2.24) is 14.8 Å². The van der Waals surface area contributed by atoms with Gasteiger partial charge in [-0.3, -0.25) is 9.69 Å². The summed E-state index contributed by atoms with van der Waals surface area (Å²) in [6.07, 6.45) is 4.79. The minimum absolute atomic E-state index is 0.239. The van der Waals surface area contributed by atoms with Crippen LogP contribution >= 0.6 is 11.3 Å². The number of nitrogens with zero attached hydrogens (tertiary/aromatic N) is 3. The molecule has 2 fully saturated rings. The fourth-order valence-electron chi connectivity index (χ4n) is 3.59. The van der Waals surface area contributed by atoms with E-state index in [1.807, 2.05) is 5.51 Å². The number of hydrogen-bond acceptors (Lipinski definition) is 4. The van der Waals surface area contributed by atoms with Crippen LogP contribution in [0.2, 0.25) is 0 Å². The van der Waals surface area contributed by atoms with Gasteiger partial charge in [-0.2, -0.15) is 0 Å². The van der Waals surface area contributed by atoms with E-state index in [1.165, 1.54) is 18.5 Å². The lowest BCUT2D eigenvalue weighted by Gasteiger charge is -2.34. The van der Waals surface area contributed by atoms with Gasteiger partial charge < -0.3 is 4.90 Å². The van der Waals surface area contributed by atoms with Crippen molar-refractivity contribution in [3.8, 4) is 0 Å². The van der Waals surface area contributed by atoms with E-state index in [4.69, 9.17) is 0 Å². The Morgan fingerprint density at radius 1 is 1.37 bits per heavy atom. The van der Waals surface area contributed by atoms with E-state index >= 15 is 0 Å². The Kier molecular flexibility index (Phi) is 3.84. The zero-order valence-corrected chi connectivity index (χ0v) is 12.2. The molecule has 2 atom stereocenters. The summed E-state index contributed by atoms with van der Waals surface area (Å²) in [5.41, 5.74) is 3.07. The molecule has 2 aliphatic rings. The molecule has 4 nitrogen and oxygen atoms in total. The van der Waals surface area contributed by atoms with Crippen LogP contribution in [-0.4, -0.2) is 45.9 Å². The second-order valence-corrected chi connectivity index (χ2v) is 6.30. The lowest BCUT2D eigenvalue weighted by atomic mass is 10.0. The second kappa shape index (κ2) is 5.59. The lowest BCUT2D eigenvalue weighted by molar-refractivity contribution is -0.130. The molecule has 0 unspecified atom stereocenters. The number of carbonyl (C=O) groups excluding carboxylic acids is 1. The van der Waals surface area contributed by atoms with Gasteiger partial charge in [-0.05, 0) is 32.2 Å². The first-order valence-corrected chi connectivity index (χ1v) is 8.08. The molecule has 1 aromatic rings. The normalized spacial score (nSPS) is 28.2. The first-order chi connectivity index (χ1) is 9.25. The maximum absolute atomic E-state index is 11.7. The highest BCUT2D eigenvalue weighted by atomic mass is 32.1. The van der Waals surface area contributed by atoms with Gasteiger partial charge in [0.1, 0.15) is 0 Å². The van der Waals surface area contributed by atoms with Crippen LogP contribution in [0.4, 0.5) is 0 Å². The Morgan fingerprint density at radius 2 is 2.16 bits per heavy atom. The molecule has 19 heavy (non-hydrogen) atoms. The van der Waals surface area contributed by atoms with Gasteiger partial charge in [0, 0.05) is 37.5 Å². The SMILES string of the molecule is CC(=O)N1CCC[C@@H]1[C@H]1CCCN1Cc1cscn1. The van der Waals surface area contributed by atoms with Crippen LogP contribution in [0, 0.1) is 0 Å². The average molecular weight is 279 g/mol. The Morgan fingerprint density at radius 3 is 2.89 bits per heavy atom. The zero-order chi connectivity index (χ0) is 13.2. The fraction of sp³-hybridized carbons (Fsp3) is 0.714. The van der Waals surface area contributed by atoms with E-state index in [-0.39, 0.29) is 5.91 Å². The topological polar surface area (TPSA) is 36.4 Å². The summed E-state index contributed by atoms with van der Waals surface area (Å²) in [5.74, 6) is 0.239. The van der Waals surface area contributed by atoms with Gasteiger partial charge in [-0.15, -0.1) is 11.3 Å². The predicted octanol–water partition coefficient (Wildman–Crippen LogP) is 2.12. The van der Waals surface area contributed by atoms with Crippen molar-refractivity contribution in [2.45, 2.75) is 51.2 Å². The summed E-state index contributed by atoms with van der Waals surface area (Å²) < 4.78 is 0. The van der Waals surface area contributed by atoms with Gasteiger partial charge >= 0.3 is 0 Å². The first kappa shape index (κ1) is 13.1. The largest absolute Gasteiger partial charge is 0.338 e. The number of thiazole rings is 1. The molecule has 2 saturated heterocycles. The molecule has 0 bridgehead atoms. The molecule has 0 N–H and O–H groups in total. The number of likely N-dealkylation sites (tertiary alicyclic amines) is 2. The summed E-state index contributed by atoms with van der Waals surface area (Å²) in [6, 6.07) is 0.965. The van der Waals surface area contributed by atoms with Gasteiger partial charge in [-0.1, -0.05) is 0 Å². The van der Waals surface area contributed by atoms with Crippen molar-refractivity contribution in [2.24, 2.45) is 0 Å². The van der Waals surface area contributed by atoms with Crippen LogP contribution in [-0.2, 0) is 11.3 Å². The van der Waals surface area contributed by atoms with Crippen molar-refractivity contribution >= 4 is 17.2 Å². The maximum Gasteiger partial charge on any atom is 0.219 e. The molecule has 0 spiro atoms. The summed E-state index contributed by atoms with van der Waals surface area (Å²) >= 11 is 1.66. The summed E-state index contributed by atoms with van der Waals surface area (Å²) in [6.45, 7) is 4.74. The zero-order valence-electron chi connectivity index (χ0n) is 11.4. The third-order valence-electron chi connectivity index (χ3n) is 4.41. The molecular weight excluding hydrogens is 258 g/mol. The Bertz CT molecular complexity index is 434. The van der Waals surface area contributed by atoms with Crippen molar-refractivity contribution in [3.05, 3.63) is 16.6 Å². The van der Waals surface area contributed by atoms with E-state index in [9.17, 15) is 4.79 Å². The van der Waals surface area contributed by atoms with Gasteiger partial charge in [0.05, 0.1) is 11.2 Å². The summed E-state index contributed by atoms with van der Waals surface area (Å²) in [4.78, 5) is 20.7. The second-order valence-electron chi connectivity index (χ2n) is 5.58. The third-order valence-corrected chi connectivity index (χ3v) is 5.05. The Labute approximate surface area is 118 Å². The molecule has 1 amide bonds.